The Hall–Kier alpha value is -3.13. The number of halogens is 2. The van der Waals surface area contributed by atoms with E-state index < -0.39 is 24.3 Å². The van der Waals surface area contributed by atoms with Crippen LogP contribution in [0.3, 0.4) is 0 Å². The van der Waals surface area contributed by atoms with E-state index in [4.69, 9.17) is 4.74 Å². The van der Waals surface area contributed by atoms with Gasteiger partial charge in [-0.25, -0.2) is 18.6 Å². The van der Waals surface area contributed by atoms with Crippen LogP contribution in [-0.4, -0.2) is 23.5 Å². The number of anilines is 1. The first-order valence-corrected chi connectivity index (χ1v) is 8.33. The number of amides is 1. The van der Waals surface area contributed by atoms with Gasteiger partial charge in [0.1, 0.15) is 16.6 Å². The molecule has 0 atom stereocenters. The Morgan fingerprint density at radius 2 is 1.85 bits per heavy atom. The van der Waals surface area contributed by atoms with Crippen molar-refractivity contribution in [3.05, 3.63) is 71.2 Å². The highest BCUT2D eigenvalue weighted by Crippen LogP contribution is 2.24. The zero-order valence-electron chi connectivity index (χ0n) is 13.2. The highest BCUT2D eigenvalue weighted by Gasteiger charge is 2.15. The summed E-state index contributed by atoms with van der Waals surface area (Å²) in [5.74, 6) is -2.22. The molecule has 1 aromatic heterocycles. The summed E-state index contributed by atoms with van der Waals surface area (Å²) in [6.45, 7) is -0.529. The van der Waals surface area contributed by atoms with Crippen molar-refractivity contribution < 1.29 is 23.1 Å². The van der Waals surface area contributed by atoms with Gasteiger partial charge in [-0.2, -0.15) is 0 Å². The molecule has 0 bridgehead atoms. The maximum Gasteiger partial charge on any atom is 0.358 e. The zero-order valence-corrected chi connectivity index (χ0v) is 14.1. The molecule has 3 aromatic rings. The van der Waals surface area contributed by atoms with E-state index in [1.54, 1.807) is 12.1 Å². The van der Waals surface area contributed by atoms with Gasteiger partial charge in [0.05, 0.1) is 0 Å². The fourth-order valence-electron chi connectivity index (χ4n) is 2.06. The summed E-state index contributed by atoms with van der Waals surface area (Å²) in [6.07, 6.45) is 0. The summed E-state index contributed by atoms with van der Waals surface area (Å²) in [5.41, 5.74) is 0.977. The molecular weight excluding hydrogens is 362 g/mol. The van der Waals surface area contributed by atoms with E-state index in [2.05, 4.69) is 10.3 Å². The number of hydrogen-bond acceptors (Lipinski definition) is 5. The van der Waals surface area contributed by atoms with Gasteiger partial charge in [-0.05, 0) is 42.5 Å². The summed E-state index contributed by atoms with van der Waals surface area (Å²) < 4.78 is 30.9. The minimum Gasteiger partial charge on any atom is -0.451 e. The lowest BCUT2D eigenvalue weighted by atomic mass is 10.2. The molecule has 1 N–H and O–H groups in total. The first kappa shape index (κ1) is 17.7. The van der Waals surface area contributed by atoms with E-state index in [1.165, 1.54) is 47.0 Å². The molecule has 0 aliphatic heterocycles. The minimum atomic E-state index is -0.760. The van der Waals surface area contributed by atoms with Crippen LogP contribution in [0.2, 0.25) is 0 Å². The van der Waals surface area contributed by atoms with E-state index in [1.807, 2.05) is 0 Å². The number of ether oxygens (including phenoxy) is 1. The first-order chi connectivity index (χ1) is 12.5. The molecule has 0 fully saturated rings. The largest absolute Gasteiger partial charge is 0.451 e. The molecule has 2 aromatic carbocycles. The third-order valence-corrected chi connectivity index (χ3v) is 4.14. The molecule has 3 rings (SSSR count). The molecule has 1 heterocycles. The molecule has 5 nitrogen and oxygen atoms in total. The van der Waals surface area contributed by atoms with Crippen molar-refractivity contribution in [3.8, 4) is 10.6 Å². The molecule has 0 aliphatic carbocycles. The molecule has 0 aliphatic rings. The van der Waals surface area contributed by atoms with Gasteiger partial charge in [0, 0.05) is 16.6 Å². The predicted octanol–water partition coefficient (Wildman–Crippen LogP) is 3.88. The molecule has 0 spiro atoms. The molecule has 1 amide bonds. The highest BCUT2D eigenvalue weighted by molar-refractivity contribution is 7.13. The Labute approximate surface area is 151 Å². The number of carbonyl (C=O) groups excluding carboxylic acids is 2. The zero-order chi connectivity index (χ0) is 18.5. The molecule has 26 heavy (non-hydrogen) atoms. The van der Waals surface area contributed by atoms with Gasteiger partial charge in [0.25, 0.3) is 5.91 Å². The van der Waals surface area contributed by atoms with Gasteiger partial charge < -0.3 is 10.1 Å². The van der Waals surface area contributed by atoms with Crippen molar-refractivity contribution in [1.29, 1.82) is 0 Å². The van der Waals surface area contributed by atoms with Crippen molar-refractivity contribution in [2.45, 2.75) is 0 Å². The van der Waals surface area contributed by atoms with Crippen LogP contribution in [0.25, 0.3) is 10.6 Å². The lowest BCUT2D eigenvalue weighted by Crippen LogP contribution is -2.21. The number of nitrogens with zero attached hydrogens (tertiary/aromatic N) is 1. The molecule has 132 valence electrons. The summed E-state index contributed by atoms with van der Waals surface area (Å²) in [7, 11) is 0. The second kappa shape index (κ2) is 7.83. The number of carbonyl (C=O) groups is 2. The Morgan fingerprint density at radius 3 is 2.58 bits per heavy atom. The number of benzene rings is 2. The van der Waals surface area contributed by atoms with Gasteiger partial charge in [-0.1, -0.05) is 6.07 Å². The Kier molecular flexibility index (Phi) is 5.33. The number of esters is 1. The minimum absolute atomic E-state index is 0.0490. The smallest absolute Gasteiger partial charge is 0.358 e. The van der Waals surface area contributed by atoms with Crippen molar-refractivity contribution in [2.24, 2.45) is 0 Å². The van der Waals surface area contributed by atoms with E-state index in [9.17, 15) is 18.4 Å². The Balaban J connectivity index is 1.56. The van der Waals surface area contributed by atoms with E-state index in [0.717, 1.165) is 6.07 Å². The highest BCUT2D eigenvalue weighted by atomic mass is 32.1. The normalized spacial score (nSPS) is 10.4. The molecule has 0 radical (unpaired) electrons. The first-order valence-electron chi connectivity index (χ1n) is 7.45. The SMILES string of the molecule is O=C(COC(=O)c1csc(-c2ccc(F)cc2)n1)Nc1cccc(F)c1. The van der Waals surface area contributed by atoms with E-state index in [-0.39, 0.29) is 17.2 Å². The van der Waals surface area contributed by atoms with Gasteiger partial charge >= 0.3 is 5.97 Å². The average Bonchev–Trinajstić information content (AvgIpc) is 3.10. The number of thiazole rings is 1. The Morgan fingerprint density at radius 1 is 1.08 bits per heavy atom. The van der Waals surface area contributed by atoms with Crippen LogP contribution in [-0.2, 0) is 9.53 Å². The maximum absolute atomic E-state index is 13.1. The summed E-state index contributed by atoms with van der Waals surface area (Å²) in [6, 6.07) is 11.1. The van der Waals surface area contributed by atoms with Crippen molar-refractivity contribution in [1.82, 2.24) is 4.98 Å². The van der Waals surface area contributed by atoms with Crippen LogP contribution in [0.15, 0.2) is 53.9 Å². The van der Waals surface area contributed by atoms with E-state index >= 15 is 0 Å². The summed E-state index contributed by atoms with van der Waals surface area (Å²) >= 11 is 1.20. The molecule has 0 unspecified atom stereocenters. The van der Waals surface area contributed by atoms with Crippen LogP contribution in [0.5, 0.6) is 0 Å². The lowest BCUT2D eigenvalue weighted by molar-refractivity contribution is -0.119. The van der Waals surface area contributed by atoms with Crippen molar-refractivity contribution >= 4 is 28.9 Å². The predicted molar refractivity (Wildman–Crippen MR) is 92.8 cm³/mol. The fourth-order valence-corrected chi connectivity index (χ4v) is 2.86. The molecule has 8 heteroatoms. The molecule has 0 saturated heterocycles. The maximum atomic E-state index is 13.1. The second-order valence-electron chi connectivity index (χ2n) is 5.18. The number of hydrogen-bond donors (Lipinski definition) is 1. The monoisotopic (exact) mass is 374 g/mol. The van der Waals surface area contributed by atoms with Crippen LogP contribution < -0.4 is 5.32 Å². The van der Waals surface area contributed by atoms with Gasteiger partial charge in [0.2, 0.25) is 0 Å². The van der Waals surface area contributed by atoms with Crippen molar-refractivity contribution in [2.75, 3.05) is 11.9 Å². The number of aromatic nitrogens is 1. The topological polar surface area (TPSA) is 68.3 Å². The Bertz CT molecular complexity index is 942. The fraction of sp³-hybridized carbons (Fsp3) is 0.0556. The summed E-state index contributed by atoms with van der Waals surface area (Å²) in [5, 5.41) is 4.44. The van der Waals surface area contributed by atoms with Crippen molar-refractivity contribution in [3.63, 3.8) is 0 Å². The molecule has 0 saturated carbocycles. The average molecular weight is 374 g/mol. The molecular formula is C18H12F2N2O3S. The lowest BCUT2D eigenvalue weighted by Gasteiger charge is -2.05. The van der Waals surface area contributed by atoms with E-state index in [0.29, 0.717) is 10.6 Å². The third-order valence-electron chi connectivity index (χ3n) is 3.25. The quantitative estimate of drug-likeness (QED) is 0.688. The second-order valence-corrected chi connectivity index (χ2v) is 6.04. The van der Waals surface area contributed by atoms with Gasteiger partial charge in [0.15, 0.2) is 12.3 Å². The van der Waals surface area contributed by atoms with Gasteiger partial charge in [-0.15, -0.1) is 11.3 Å². The third kappa shape index (κ3) is 4.48. The summed E-state index contributed by atoms with van der Waals surface area (Å²) in [4.78, 5) is 27.9. The van der Waals surface area contributed by atoms with Gasteiger partial charge in [-0.3, -0.25) is 4.79 Å². The number of rotatable bonds is 5. The van der Waals surface area contributed by atoms with Crippen LogP contribution >= 0.6 is 11.3 Å². The van der Waals surface area contributed by atoms with Crippen LogP contribution in [0.4, 0.5) is 14.5 Å². The van der Waals surface area contributed by atoms with Crippen LogP contribution in [0.1, 0.15) is 10.5 Å². The van der Waals surface area contributed by atoms with Crippen LogP contribution in [0, 0.1) is 11.6 Å². The standard InChI is InChI=1S/C18H12F2N2O3S/c19-12-6-4-11(5-7-12)17-22-15(10-26-17)18(24)25-9-16(23)21-14-3-1-2-13(20)8-14/h1-8,10H,9H2,(H,21,23). The number of nitrogens with one attached hydrogen (secondary N) is 1.